The predicted octanol–water partition coefficient (Wildman–Crippen LogP) is 5.26. The number of hydrogen-bond donors (Lipinski definition) is 2. The molecular formula is C29H32F2N6O2. The fourth-order valence-corrected chi connectivity index (χ4v) is 5.39. The molecule has 0 bridgehead atoms. The van der Waals surface area contributed by atoms with Crippen LogP contribution in [-0.4, -0.2) is 32.3 Å². The standard InChI is InChI=1S/C29H32F2N6O2/c1-2-4-25(38)35-26(19-7-8-19)22-14-24-34-23(17-37(24)33-16-22)27(20-9-11-29(30,31)12-10-20)36-28(39)21-6-3-5-18(13-21)15-32/h3,5-6,13-14,16-17,19-20,26-27H,2,4,7-12H2,1H3,(H,35,38)(H,36,39)/t26-,27+/m1/s1. The van der Waals surface area contributed by atoms with E-state index in [9.17, 15) is 23.6 Å². The molecule has 2 amide bonds. The number of carbonyl (C=O) groups excluding carboxylic acids is 2. The Morgan fingerprint density at radius 2 is 1.87 bits per heavy atom. The number of rotatable bonds is 9. The van der Waals surface area contributed by atoms with Crippen molar-refractivity contribution in [3.63, 3.8) is 0 Å². The van der Waals surface area contributed by atoms with Gasteiger partial charge in [-0.25, -0.2) is 18.3 Å². The highest BCUT2D eigenvalue weighted by molar-refractivity contribution is 5.94. The topological polar surface area (TPSA) is 112 Å². The van der Waals surface area contributed by atoms with Gasteiger partial charge < -0.3 is 10.6 Å². The van der Waals surface area contributed by atoms with Gasteiger partial charge in [0.05, 0.1) is 41.8 Å². The monoisotopic (exact) mass is 534 g/mol. The Labute approximate surface area is 225 Å². The Kier molecular flexibility index (Phi) is 7.60. The fraction of sp³-hybridized carbons (Fsp3) is 0.483. The summed E-state index contributed by atoms with van der Waals surface area (Å²) in [5, 5.41) is 19.9. The molecule has 5 rings (SSSR count). The van der Waals surface area contributed by atoms with Gasteiger partial charge in [0, 0.05) is 24.8 Å². The van der Waals surface area contributed by atoms with E-state index in [-0.39, 0.29) is 43.6 Å². The second kappa shape index (κ2) is 11.1. The largest absolute Gasteiger partial charge is 0.349 e. The molecule has 2 N–H and O–H groups in total. The third-order valence-corrected chi connectivity index (χ3v) is 7.70. The van der Waals surface area contributed by atoms with Gasteiger partial charge in [-0.05, 0) is 73.8 Å². The van der Waals surface area contributed by atoms with E-state index in [0.29, 0.717) is 34.8 Å². The zero-order valence-electron chi connectivity index (χ0n) is 21.9. The average Bonchev–Trinajstić information content (AvgIpc) is 3.68. The summed E-state index contributed by atoms with van der Waals surface area (Å²) in [5.74, 6) is -2.96. The van der Waals surface area contributed by atoms with E-state index in [1.807, 2.05) is 19.1 Å². The maximum absolute atomic E-state index is 14.0. The minimum atomic E-state index is -2.71. The zero-order chi connectivity index (χ0) is 27.6. The van der Waals surface area contributed by atoms with Crippen molar-refractivity contribution < 1.29 is 18.4 Å². The number of alkyl halides is 2. The molecule has 2 heterocycles. The van der Waals surface area contributed by atoms with Crippen LogP contribution >= 0.6 is 0 Å². The molecule has 2 saturated carbocycles. The highest BCUT2D eigenvalue weighted by Gasteiger charge is 2.39. The molecule has 2 aliphatic rings. The lowest BCUT2D eigenvalue weighted by molar-refractivity contribution is -0.122. The lowest BCUT2D eigenvalue weighted by Gasteiger charge is -2.33. The van der Waals surface area contributed by atoms with Crippen LogP contribution in [0.15, 0.2) is 42.7 Å². The first kappa shape index (κ1) is 26.7. The van der Waals surface area contributed by atoms with Crippen LogP contribution in [0.25, 0.3) is 5.65 Å². The van der Waals surface area contributed by atoms with Gasteiger partial charge in [0.25, 0.3) is 5.91 Å². The van der Waals surface area contributed by atoms with Crippen molar-refractivity contribution in [2.45, 2.75) is 76.3 Å². The van der Waals surface area contributed by atoms with Crippen LogP contribution in [0, 0.1) is 23.2 Å². The summed E-state index contributed by atoms with van der Waals surface area (Å²) in [6.45, 7) is 1.97. The maximum atomic E-state index is 14.0. The molecule has 10 heteroatoms. The summed E-state index contributed by atoms with van der Waals surface area (Å²) < 4.78 is 29.6. The molecule has 0 aliphatic heterocycles. The number of halogens is 2. The molecule has 8 nitrogen and oxygen atoms in total. The van der Waals surface area contributed by atoms with E-state index in [1.165, 1.54) is 6.07 Å². The first-order valence-electron chi connectivity index (χ1n) is 13.6. The molecule has 2 aliphatic carbocycles. The molecule has 0 spiro atoms. The van der Waals surface area contributed by atoms with Crippen molar-refractivity contribution in [3.8, 4) is 6.07 Å². The number of benzene rings is 1. The van der Waals surface area contributed by atoms with E-state index in [0.717, 1.165) is 24.8 Å². The Hall–Kier alpha value is -3.87. The molecule has 2 aromatic heterocycles. The second-order valence-electron chi connectivity index (χ2n) is 10.7. The first-order valence-corrected chi connectivity index (χ1v) is 13.6. The van der Waals surface area contributed by atoms with E-state index in [2.05, 4.69) is 15.7 Å². The van der Waals surface area contributed by atoms with Crippen molar-refractivity contribution in [1.29, 1.82) is 5.26 Å². The Bertz CT molecular complexity index is 1400. The molecule has 39 heavy (non-hydrogen) atoms. The second-order valence-corrected chi connectivity index (χ2v) is 10.7. The predicted molar refractivity (Wildman–Crippen MR) is 140 cm³/mol. The molecular weight excluding hydrogens is 502 g/mol. The molecule has 2 atom stereocenters. The summed E-state index contributed by atoms with van der Waals surface area (Å²) >= 11 is 0. The van der Waals surface area contributed by atoms with Crippen LogP contribution in [0.3, 0.4) is 0 Å². The lowest BCUT2D eigenvalue weighted by atomic mass is 9.81. The Morgan fingerprint density at radius 3 is 2.56 bits per heavy atom. The Balaban J connectivity index is 1.44. The smallest absolute Gasteiger partial charge is 0.251 e. The highest BCUT2D eigenvalue weighted by Crippen LogP contribution is 2.42. The van der Waals surface area contributed by atoms with Crippen LogP contribution in [-0.2, 0) is 4.79 Å². The SMILES string of the molecule is CCCC(=O)N[C@@H](c1cnn2cc([C@@H](NC(=O)c3cccc(C#N)c3)C3CCC(F)(F)CC3)nc2c1)C1CC1. The summed E-state index contributed by atoms with van der Waals surface area (Å²) in [6, 6.07) is 9.56. The lowest BCUT2D eigenvalue weighted by Crippen LogP contribution is -2.37. The van der Waals surface area contributed by atoms with Gasteiger partial charge in [-0.15, -0.1) is 0 Å². The van der Waals surface area contributed by atoms with Crippen LogP contribution in [0.5, 0.6) is 0 Å². The van der Waals surface area contributed by atoms with Crippen molar-refractivity contribution in [1.82, 2.24) is 25.2 Å². The number of carbonyl (C=O) groups is 2. The number of amides is 2. The number of imidazole rings is 1. The number of aromatic nitrogens is 3. The van der Waals surface area contributed by atoms with Crippen molar-refractivity contribution >= 4 is 17.5 Å². The zero-order valence-corrected chi connectivity index (χ0v) is 21.9. The number of nitriles is 1. The quantitative estimate of drug-likeness (QED) is 0.389. The van der Waals surface area contributed by atoms with Crippen molar-refractivity contribution in [2.24, 2.45) is 11.8 Å². The number of hydrogen-bond acceptors (Lipinski definition) is 5. The fourth-order valence-electron chi connectivity index (χ4n) is 5.39. The third kappa shape index (κ3) is 6.24. The van der Waals surface area contributed by atoms with Crippen molar-refractivity contribution in [2.75, 3.05) is 0 Å². The van der Waals surface area contributed by atoms with Crippen molar-refractivity contribution in [3.05, 3.63) is 65.1 Å². The van der Waals surface area contributed by atoms with Gasteiger partial charge in [-0.1, -0.05) is 13.0 Å². The first-order chi connectivity index (χ1) is 18.8. The van der Waals surface area contributed by atoms with E-state index < -0.39 is 17.9 Å². The van der Waals surface area contributed by atoms with Crippen LogP contribution in [0.1, 0.15) is 97.6 Å². The minimum Gasteiger partial charge on any atom is -0.349 e. The van der Waals surface area contributed by atoms with Crippen LogP contribution < -0.4 is 10.6 Å². The Morgan fingerprint density at radius 1 is 1.13 bits per heavy atom. The molecule has 3 aromatic rings. The number of nitrogens with one attached hydrogen (secondary N) is 2. The number of nitrogens with zero attached hydrogens (tertiary/aromatic N) is 4. The number of fused-ring (bicyclic) bond motifs is 1. The molecule has 0 unspecified atom stereocenters. The summed E-state index contributed by atoms with van der Waals surface area (Å²) in [7, 11) is 0. The summed E-state index contributed by atoms with van der Waals surface area (Å²) in [4.78, 5) is 30.3. The van der Waals surface area contributed by atoms with E-state index in [4.69, 9.17) is 4.98 Å². The van der Waals surface area contributed by atoms with Gasteiger partial charge in [-0.2, -0.15) is 10.4 Å². The molecule has 1 aromatic carbocycles. The molecule has 0 radical (unpaired) electrons. The summed E-state index contributed by atoms with van der Waals surface area (Å²) in [5.41, 5.74) is 2.65. The third-order valence-electron chi connectivity index (χ3n) is 7.70. The normalized spacial score (nSPS) is 18.7. The van der Waals surface area contributed by atoms with Crippen LogP contribution in [0.2, 0.25) is 0 Å². The minimum absolute atomic E-state index is 0.00986. The van der Waals surface area contributed by atoms with Gasteiger partial charge in [0.2, 0.25) is 11.8 Å². The molecule has 2 fully saturated rings. The molecule has 204 valence electrons. The van der Waals surface area contributed by atoms with Gasteiger partial charge in [0.1, 0.15) is 0 Å². The highest BCUT2D eigenvalue weighted by atomic mass is 19.3. The van der Waals surface area contributed by atoms with E-state index in [1.54, 1.807) is 35.1 Å². The molecule has 0 saturated heterocycles. The summed E-state index contributed by atoms with van der Waals surface area (Å²) in [6.07, 6.45) is 6.77. The van der Waals surface area contributed by atoms with E-state index >= 15 is 0 Å². The van der Waals surface area contributed by atoms with Gasteiger partial charge >= 0.3 is 0 Å². The average molecular weight is 535 g/mol. The van der Waals surface area contributed by atoms with Gasteiger partial charge in [-0.3, -0.25) is 9.59 Å². The van der Waals surface area contributed by atoms with Gasteiger partial charge in [0.15, 0.2) is 5.65 Å². The van der Waals surface area contributed by atoms with Crippen LogP contribution in [0.4, 0.5) is 8.78 Å². The maximum Gasteiger partial charge on any atom is 0.251 e.